The van der Waals surface area contributed by atoms with Crippen LogP contribution in [-0.4, -0.2) is 11.2 Å². The maximum atomic E-state index is 5.89. The predicted molar refractivity (Wildman–Crippen MR) is 75.2 cm³/mol. The summed E-state index contributed by atoms with van der Waals surface area (Å²) in [5.41, 5.74) is 3.86. The Hall–Kier alpha value is -1.70. The van der Waals surface area contributed by atoms with Gasteiger partial charge in [-0.25, -0.2) is 0 Å². The molecule has 0 amide bonds. The maximum Gasteiger partial charge on any atom is 0.122 e. The summed E-state index contributed by atoms with van der Waals surface area (Å²) in [5.74, 6) is 1.02. The van der Waals surface area contributed by atoms with E-state index in [2.05, 4.69) is 49.6 Å². The molecule has 0 saturated carbocycles. The molecular formula is C16H21NO. The molecule has 2 nitrogen and oxygen atoms in total. The third-order valence-corrected chi connectivity index (χ3v) is 3.34. The van der Waals surface area contributed by atoms with Gasteiger partial charge >= 0.3 is 0 Å². The van der Waals surface area contributed by atoms with Gasteiger partial charge in [-0.3, -0.25) is 0 Å². The quantitative estimate of drug-likeness (QED) is 0.780. The molecule has 1 aromatic carbocycles. The lowest BCUT2D eigenvalue weighted by molar-refractivity contribution is 0.293. The lowest BCUT2D eigenvalue weighted by atomic mass is 10.1. The molecule has 0 radical (unpaired) electrons. The maximum absolute atomic E-state index is 5.89. The highest BCUT2D eigenvalue weighted by molar-refractivity contribution is 5.33. The molecule has 0 aliphatic rings. The molecule has 2 rings (SSSR count). The van der Waals surface area contributed by atoms with Gasteiger partial charge in [0, 0.05) is 11.4 Å². The Morgan fingerprint density at radius 2 is 1.67 bits per heavy atom. The van der Waals surface area contributed by atoms with Crippen LogP contribution >= 0.6 is 0 Å². The second kappa shape index (κ2) is 5.76. The highest BCUT2D eigenvalue weighted by Gasteiger charge is 2.03. The van der Waals surface area contributed by atoms with Gasteiger partial charge in [0.15, 0.2) is 0 Å². The third kappa shape index (κ3) is 2.76. The average molecular weight is 243 g/mol. The van der Waals surface area contributed by atoms with E-state index in [1.54, 1.807) is 0 Å². The van der Waals surface area contributed by atoms with E-state index < -0.39 is 0 Å². The van der Waals surface area contributed by atoms with Crippen LogP contribution in [0.5, 0.6) is 5.75 Å². The molecule has 1 heterocycles. The fourth-order valence-electron chi connectivity index (χ4n) is 2.24. The first-order valence-corrected chi connectivity index (χ1v) is 6.55. The van der Waals surface area contributed by atoms with Crippen LogP contribution in [-0.2, 0) is 13.0 Å². The minimum absolute atomic E-state index is 0.716. The first-order chi connectivity index (χ1) is 8.72. The standard InChI is InChI=1S/C16H21NO/c1-4-15-7-5-6-8-16(15)18-12-11-17-13(2)9-10-14(17)3/h5-10H,4,11-12H2,1-3H3. The zero-order valence-electron chi connectivity index (χ0n) is 11.4. The highest BCUT2D eigenvalue weighted by atomic mass is 16.5. The molecule has 0 N–H and O–H groups in total. The first-order valence-electron chi connectivity index (χ1n) is 6.55. The molecule has 0 saturated heterocycles. The van der Waals surface area contributed by atoms with Gasteiger partial charge in [-0.15, -0.1) is 0 Å². The van der Waals surface area contributed by atoms with Crippen LogP contribution in [0.15, 0.2) is 36.4 Å². The van der Waals surface area contributed by atoms with Crippen molar-refractivity contribution in [1.82, 2.24) is 4.57 Å². The second-order valence-electron chi connectivity index (χ2n) is 4.58. The molecule has 0 aliphatic heterocycles. The molecule has 0 bridgehead atoms. The Morgan fingerprint density at radius 3 is 2.33 bits per heavy atom. The van der Waals surface area contributed by atoms with E-state index in [1.165, 1.54) is 17.0 Å². The van der Waals surface area contributed by atoms with Gasteiger partial charge in [0.05, 0.1) is 6.54 Å². The normalized spacial score (nSPS) is 10.6. The molecule has 1 aromatic heterocycles. The molecule has 2 heteroatoms. The summed E-state index contributed by atoms with van der Waals surface area (Å²) in [5, 5.41) is 0. The zero-order chi connectivity index (χ0) is 13.0. The van der Waals surface area contributed by atoms with Crippen LogP contribution in [0.1, 0.15) is 23.9 Å². The van der Waals surface area contributed by atoms with Crippen molar-refractivity contribution < 1.29 is 4.74 Å². The van der Waals surface area contributed by atoms with E-state index in [0.717, 1.165) is 18.7 Å². The van der Waals surface area contributed by atoms with Crippen molar-refractivity contribution in [2.24, 2.45) is 0 Å². The van der Waals surface area contributed by atoms with E-state index >= 15 is 0 Å². The largest absolute Gasteiger partial charge is 0.491 e. The minimum Gasteiger partial charge on any atom is -0.491 e. The van der Waals surface area contributed by atoms with E-state index in [-0.39, 0.29) is 0 Å². The summed E-state index contributed by atoms with van der Waals surface area (Å²) in [6, 6.07) is 12.6. The van der Waals surface area contributed by atoms with Gasteiger partial charge in [-0.1, -0.05) is 25.1 Å². The lowest BCUT2D eigenvalue weighted by Gasteiger charge is -2.13. The van der Waals surface area contributed by atoms with Crippen LogP contribution < -0.4 is 4.74 Å². The predicted octanol–water partition coefficient (Wildman–Crippen LogP) is 3.75. The van der Waals surface area contributed by atoms with Crippen molar-refractivity contribution in [2.45, 2.75) is 33.7 Å². The van der Waals surface area contributed by atoms with Crippen molar-refractivity contribution in [2.75, 3.05) is 6.61 Å². The van der Waals surface area contributed by atoms with E-state index in [1.807, 2.05) is 12.1 Å². The number of benzene rings is 1. The summed E-state index contributed by atoms with van der Waals surface area (Å²) < 4.78 is 8.18. The van der Waals surface area contributed by atoms with Gasteiger partial charge in [-0.05, 0) is 44.0 Å². The van der Waals surface area contributed by atoms with Gasteiger partial charge in [0.25, 0.3) is 0 Å². The molecule has 2 aromatic rings. The lowest BCUT2D eigenvalue weighted by Crippen LogP contribution is -2.11. The summed E-state index contributed by atoms with van der Waals surface area (Å²) in [6.07, 6.45) is 1.01. The van der Waals surface area contributed by atoms with Gasteiger partial charge in [-0.2, -0.15) is 0 Å². The second-order valence-corrected chi connectivity index (χ2v) is 4.58. The first kappa shape index (κ1) is 12.7. The van der Waals surface area contributed by atoms with Crippen LogP contribution in [0.4, 0.5) is 0 Å². The molecule has 18 heavy (non-hydrogen) atoms. The number of rotatable bonds is 5. The van der Waals surface area contributed by atoms with Crippen molar-refractivity contribution in [3.05, 3.63) is 53.3 Å². The fraction of sp³-hybridized carbons (Fsp3) is 0.375. The van der Waals surface area contributed by atoms with Gasteiger partial charge in [0.2, 0.25) is 0 Å². The Bertz CT molecular complexity index is 494. The summed E-state index contributed by atoms with van der Waals surface area (Å²) >= 11 is 0. The van der Waals surface area contributed by atoms with Crippen LogP contribution in [0.25, 0.3) is 0 Å². The fourth-order valence-corrected chi connectivity index (χ4v) is 2.24. The molecule has 0 spiro atoms. The number of hydrogen-bond donors (Lipinski definition) is 0. The molecule has 96 valence electrons. The molecular weight excluding hydrogens is 222 g/mol. The minimum atomic E-state index is 0.716. The number of hydrogen-bond acceptors (Lipinski definition) is 1. The number of ether oxygens (including phenoxy) is 1. The monoisotopic (exact) mass is 243 g/mol. The topological polar surface area (TPSA) is 14.2 Å². The van der Waals surface area contributed by atoms with E-state index in [0.29, 0.717) is 6.61 Å². The van der Waals surface area contributed by atoms with E-state index in [4.69, 9.17) is 4.74 Å². The van der Waals surface area contributed by atoms with E-state index in [9.17, 15) is 0 Å². The summed E-state index contributed by atoms with van der Waals surface area (Å²) in [7, 11) is 0. The number of nitrogens with zero attached hydrogens (tertiary/aromatic N) is 1. The molecule has 0 unspecified atom stereocenters. The van der Waals surface area contributed by atoms with Gasteiger partial charge in [0.1, 0.15) is 12.4 Å². The average Bonchev–Trinajstić information content (AvgIpc) is 2.71. The summed E-state index contributed by atoms with van der Waals surface area (Å²) in [6.45, 7) is 8.04. The Balaban J connectivity index is 1.96. The number of aromatic nitrogens is 1. The highest BCUT2D eigenvalue weighted by Crippen LogP contribution is 2.18. The smallest absolute Gasteiger partial charge is 0.122 e. The van der Waals surface area contributed by atoms with Crippen molar-refractivity contribution in [1.29, 1.82) is 0 Å². The van der Waals surface area contributed by atoms with Crippen molar-refractivity contribution in [3.8, 4) is 5.75 Å². The summed E-state index contributed by atoms with van der Waals surface area (Å²) in [4.78, 5) is 0. The van der Waals surface area contributed by atoms with Crippen LogP contribution in [0, 0.1) is 13.8 Å². The van der Waals surface area contributed by atoms with Crippen molar-refractivity contribution >= 4 is 0 Å². The molecule has 0 aliphatic carbocycles. The molecule has 0 atom stereocenters. The van der Waals surface area contributed by atoms with Crippen molar-refractivity contribution in [3.63, 3.8) is 0 Å². The van der Waals surface area contributed by atoms with Gasteiger partial charge < -0.3 is 9.30 Å². The number of para-hydroxylation sites is 1. The molecule has 0 fully saturated rings. The zero-order valence-corrected chi connectivity index (χ0v) is 11.4. The SMILES string of the molecule is CCc1ccccc1OCCn1c(C)ccc1C. The third-order valence-electron chi connectivity index (χ3n) is 3.34. The Morgan fingerprint density at radius 1 is 1.00 bits per heavy atom. The Kier molecular flexibility index (Phi) is 4.08. The van der Waals surface area contributed by atoms with Crippen LogP contribution in [0.3, 0.4) is 0 Å². The van der Waals surface area contributed by atoms with Crippen LogP contribution in [0.2, 0.25) is 0 Å². The Labute approximate surface area is 109 Å². The number of aryl methyl sites for hydroxylation is 3.